The van der Waals surface area contributed by atoms with Crippen LogP contribution in [-0.2, 0) is 0 Å². The quantitative estimate of drug-likeness (QED) is 0.829. The lowest BCUT2D eigenvalue weighted by Crippen LogP contribution is -2.25. The van der Waals surface area contributed by atoms with Gasteiger partial charge in [-0.3, -0.25) is 0 Å². The van der Waals surface area contributed by atoms with Crippen LogP contribution in [0.15, 0.2) is 18.2 Å². The number of fused-ring (bicyclic) bond motifs is 1. The molecule has 1 aliphatic rings. The Morgan fingerprint density at radius 2 is 2.06 bits per heavy atom. The zero-order chi connectivity index (χ0) is 11.6. The summed E-state index contributed by atoms with van der Waals surface area (Å²) in [5.41, 5.74) is 0.745. The zero-order valence-electron chi connectivity index (χ0n) is 8.63. The molecule has 0 saturated heterocycles. The topological polar surface area (TPSA) is 30.5 Å². The molecule has 1 heterocycles. The van der Waals surface area contributed by atoms with Crippen molar-refractivity contribution in [1.29, 1.82) is 0 Å². The molecule has 0 amide bonds. The number of ether oxygens (including phenoxy) is 2. The van der Waals surface area contributed by atoms with Crippen molar-refractivity contribution in [3.8, 4) is 11.5 Å². The first-order valence-electron chi connectivity index (χ1n) is 4.73. The Hall–Kier alpha value is -1.17. The first kappa shape index (κ1) is 11.3. The summed E-state index contributed by atoms with van der Waals surface area (Å²) in [7, 11) is 0. The molecule has 0 unspecified atom stereocenters. The van der Waals surface area contributed by atoms with Gasteiger partial charge in [0, 0.05) is 24.1 Å². The summed E-state index contributed by atoms with van der Waals surface area (Å²) >= 11 is 1.71. The molecule has 1 aliphatic heterocycles. The van der Waals surface area contributed by atoms with Crippen LogP contribution in [0, 0.1) is 0 Å². The summed E-state index contributed by atoms with van der Waals surface area (Å²) in [5.74, 6) is 1.09. The minimum absolute atomic E-state index is 0.0687. The molecule has 0 saturated carbocycles. The molecular weight excluding hydrogens is 236 g/mol. The highest BCUT2D eigenvalue weighted by molar-refractivity contribution is 7.98. The van der Waals surface area contributed by atoms with Crippen molar-refractivity contribution in [1.82, 2.24) is 0 Å². The molecule has 0 atom stereocenters. The van der Waals surface area contributed by atoms with Crippen LogP contribution in [0.5, 0.6) is 11.5 Å². The average Bonchev–Trinajstić information content (AvgIpc) is 2.51. The van der Waals surface area contributed by atoms with Gasteiger partial charge in [0.1, 0.15) is 0 Å². The number of rotatable bonds is 4. The van der Waals surface area contributed by atoms with Crippen molar-refractivity contribution in [2.24, 2.45) is 0 Å². The van der Waals surface area contributed by atoms with Crippen LogP contribution in [0.2, 0.25) is 0 Å². The average molecular weight is 247 g/mol. The van der Waals surface area contributed by atoms with Crippen molar-refractivity contribution in [2.45, 2.75) is 6.29 Å². The van der Waals surface area contributed by atoms with Gasteiger partial charge >= 0.3 is 6.29 Å². The molecule has 0 fully saturated rings. The maximum Gasteiger partial charge on any atom is 0.586 e. The number of anilines is 1. The van der Waals surface area contributed by atoms with E-state index in [1.807, 2.05) is 6.26 Å². The molecular formula is C10H11F2NO2S. The summed E-state index contributed by atoms with van der Waals surface area (Å²) in [6, 6.07) is 4.66. The standard InChI is InChI=1S/C10H11F2NO2S/c1-16-5-4-13-7-2-3-8-9(6-7)15-10(11,12)14-8/h2-3,6,13H,4-5H2,1H3. The molecule has 0 bridgehead atoms. The van der Waals surface area contributed by atoms with E-state index in [0.29, 0.717) is 0 Å². The lowest BCUT2D eigenvalue weighted by atomic mass is 10.3. The number of thioether (sulfide) groups is 1. The minimum atomic E-state index is -3.54. The van der Waals surface area contributed by atoms with E-state index in [2.05, 4.69) is 14.8 Å². The Bertz CT molecular complexity index is 387. The first-order chi connectivity index (χ1) is 7.61. The fourth-order valence-corrected chi connectivity index (χ4v) is 1.66. The third kappa shape index (κ3) is 2.49. The Balaban J connectivity index is 2.04. The number of nitrogens with one attached hydrogen (secondary N) is 1. The minimum Gasteiger partial charge on any atom is -0.395 e. The van der Waals surface area contributed by atoms with Crippen molar-refractivity contribution in [3.05, 3.63) is 18.2 Å². The number of benzene rings is 1. The van der Waals surface area contributed by atoms with E-state index in [-0.39, 0.29) is 11.5 Å². The van der Waals surface area contributed by atoms with Crippen LogP contribution in [-0.4, -0.2) is 24.8 Å². The maximum atomic E-state index is 12.7. The van der Waals surface area contributed by atoms with E-state index in [1.165, 1.54) is 12.1 Å². The van der Waals surface area contributed by atoms with Crippen LogP contribution in [0.1, 0.15) is 0 Å². The Morgan fingerprint density at radius 3 is 2.81 bits per heavy atom. The normalized spacial score (nSPS) is 16.2. The number of alkyl halides is 2. The highest BCUT2D eigenvalue weighted by atomic mass is 32.2. The molecule has 1 aromatic carbocycles. The lowest BCUT2D eigenvalue weighted by molar-refractivity contribution is -0.286. The van der Waals surface area contributed by atoms with Gasteiger partial charge in [0.2, 0.25) is 0 Å². The van der Waals surface area contributed by atoms with Crippen LogP contribution >= 0.6 is 11.8 Å². The summed E-state index contributed by atoms with van der Waals surface area (Å²) in [6.45, 7) is 0.775. The van der Waals surface area contributed by atoms with E-state index in [0.717, 1.165) is 18.0 Å². The highest BCUT2D eigenvalue weighted by Crippen LogP contribution is 2.42. The van der Waals surface area contributed by atoms with Gasteiger partial charge in [-0.25, -0.2) is 0 Å². The fraction of sp³-hybridized carbons (Fsp3) is 0.400. The van der Waals surface area contributed by atoms with Crippen molar-refractivity contribution in [3.63, 3.8) is 0 Å². The molecule has 0 radical (unpaired) electrons. The number of halogens is 2. The largest absolute Gasteiger partial charge is 0.586 e. The smallest absolute Gasteiger partial charge is 0.395 e. The molecule has 6 heteroatoms. The van der Waals surface area contributed by atoms with Crippen molar-refractivity contribution < 1.29 is 18.3 Å². The van der Waals surface area contributed by atoms with E-state index >= 15 is 0 Å². The van der Waals surface area contributed by atoms with Gasteiger partial charge < -0.3 is 14.8 Å². The summed E-state index contributed by atoms with van der Waals surface area (Å²) < 4.78 is 34.0. The molecule has 2 rings (SSSR count). The number of hydrogen-bond donors (Lipinski definition) is 1. The molecule has 0 spiro atoms. The Morgan fingerprint density at radius 1 is 1.31 bits per heavy atom. The van der Waals surface area contributed by atoms with E-state index in [9.17, 15) is 8.78 Å². The second-order valence-electron chi connectivity index (χ2n) is 3.25. The summed E-state index contributed by atoms with van der Waals surface area (Å²) in [4.78, 5) is 0. The van der Waals surface area contributed by atoms with Crippen molar-refractivity contribution >= 4 is 17.4 Å². The van der Waals surface area contributed by atoms with Gasteiger partial charge in [-0.2, -0.15) is 11.8 Å². The van der Waals surface area contributed by atoms with Gasteiger partial charge in [-0.1, -0.05) is 0 Å². The molecule has 3 nitrogen and oxygen atoms in total. The van der Waals surface area contributed by atoms with E-state index in [1.54, 1.807) is 17.8 Å². The molecule has 0 aliphatic carbocycles. The predicted molar refractivity (Wildman–Crippen MR) is 59.5 cm³/mol. The maximum absolute atomic E-state index is 12.7. The predicted octanol–water partition coefficient (Wildman–Crippen LogP) is 2.78. The van der Waals surface area contributed by atoms with Crippen LogP contribution in [0.4, 0.5) is 14.5 Å². The van der Waals surface area contributed by atoms with Gasteiger partial charge in [0.15, 0.2) is 11.5 Å². The Labute approximate surface area is 96.1 Å². The van der Waals surface area contributed by atoms with Gasteiger partial charge in [-0.15, -0.1) is 8.78 Å². The highest BCUT2D eigenvalue weighted by Gasteiger charge is 2.43. The zero-order valence-corrected chi connectivity index (χ0v) is 9.44. The third-order valence-corrected chi connectivity index (χ3v) is 2.65. The van der Waals surface area contributed by atoms with E-state index < -0.39 is 6.29 Å². The molecule has 88 valence electrons. The Kier molecular flexibility index (Phi) is 3.09. The second kappa shape index (κ2) is 4.37. The molecule has 0 aromatic heterocycles. The van der Waals surface area contributed by atoms with Crippen molar-refractivity contribution in [2.75, 3.05) is 23.9 Å². The second-order valence-corrected chi connectivity index (χ2v) is 4.23. The van der Waals surface area contributed by atoms with Crippen LogP contribution in [0.3, 0.4) is 0 Å². The molecule has 1 aromatic rings. The first-order valence-corrected chi connectivity index (χ1v) is 6.13. The SMILES string of the molecule is CSCCNc1ccc2c(c1)OC(F)(F)O2. The third-order valence-electron chi connectivity index (χ3n) is 2.04. The van der Waals surface area contributed by atoms with E-state index in [4.69, 9.17) is 0 Å². The van der Waals surface area contributed by atoms with Crippen LogP contribution in [0.25, 0.3) is 0 Å². The monoisotopic (exact) mass is 247 g/mol. The van der Waals surface area contributed by atoms with Crippen LogP contribution < -0.4 is 14.8 Å². The lowest BCUT2D eigenvalue weighted by Gasteiger charge is -2.05. The van der Waals surface area contributed by atoms with Gasteiger partial charge in [0.05, 0.1) is 0 Å². The molecule has 16 heavy (non-hydrogen) atoms. The fourth-order valence-electron chi connectivity index (χ4n) is 1.36. The van der Waals surface area contributed by atoms with Gasteiger partial charge in [0.25, 0.3) is 0 Å². The summed E-state index contributed by atoms with van der Waals surface area (Å²) in [6.07, 6.45) is -1.54. The van der Waals surface area contributed by atoms with Gasteiger partial charge in [-0.05, 0) is 18.4 Å². The molecule has 1 N–H and O–H groups in total. The summed E-state index contributed by atoms with van der Waals surface area (Å²) in [5, 5.41) is 3.10. The number of hydrogen-bond acceptors (Lipinski definition) is 4.